The molecule has 3 nitrogen and oxygen atoms in total. The van der Waals surface area contributed by atoms with Gasteiger partial charge in [-0.05, 0) is 23.6 Å². The lowest BCUT2D eigenvalue weighted by Crippen LogP contribution is -2.19. The first-order valence-corrected chi connectivity index (χ1v) is 7.49. The van der Waals surface area contributed by atoms with Crippen molar-refractivity contribution in [1.82, 2.24) is 14.7 Å². The molecule has 1 atom stereocenters. The minimum absolute atomic E-state index is 0.484. The molecular weight excluding hydrogens is 282 g/mol. The molecule has 0 aliphatic rings. The molecular formula is C17H18ClN3. The van der Waals surface area contributed by atoms with Crippen molar-refractivity contribution in [3.05, 3.63) is 71.1 Å². The Hall–Kier alpha value is -1.84. The fraction of sp³-hybridized carbons (Fsp3) is 0.235. The molecule has 3 rings (SSSR count). The summed E-state index contributed by atoms with van der Waals surface area (Å²) in [6.45, 7) is 3.92. The minimum atomic E-state index is 0.484. The predicted octanol–water partition coefficient (Wildman–Crippen LogP) is 3.88. The average Bonchev–Trinajstić information content (AvgIpc) is 2.89. The van der Waals surface area contributed by atoms with Crippen molar-refractivity contribution < 1.29 is 0 Å². The van der Waals surface area contributed by atoms with Crippen LogP contribution in [-0.2, 0) is 6.54 Å². The van der Waals surface area contributed by atoms with Crippen LogP contribution in [0.5, 0.6) is 0 Å². The number of rotatable bonds is 5. The number of nitrogens with one attached hydrogen (secondary N) is 1. The van der Waals surface area contributed by atoms with Crippen LogP contribution in [0.1, 0.15) is 24.1 Å². The van der Waals surface area contributed by atoms with E-state index >= 15 is 0 Å². The molecule has 0 amide bonds. The fourth-order valence-electron chi connectivity index (χ4n) is 2.42. The van der Waals surface area contributed by atoms with Gasteiger partial charge >= 0.3 is 0 Å². The Morgan fingerprint density at radius 3 is 2.76 bits per heavy atom. The van der Waals surface area contributed by atoms with Gasteiger partial charge in [0, 0.05) is 25.5 Å². The third-order valence-corrected chi connectivity index (χ3v) is 3.81. The minimum Gasteiger partial charge on any atom is -0.311 e. The average molecular weight is 300 g/mol. The first-order valence-electron chi connectivity index (χ1n) is 7.11. The third-order valence-electron chi connectivity index (χ3n) is 3.59. The molecule has 0 aliphatic carbocycles. The normalized spacial score (nSPS) is 12.7. The molecule has 0 saturated carbocycles. The maximum Gasteiger partial charge on any atom is 0.137 e. The number of aromatic nitrogens is 2. The first-order chi connectivity index (χ1) is 10.2. The molecule has 2 aromatic heterocycles. The summed E-state index contributed by atoms with van der Waals surface area (Å²) in [4.78, 5) is 4.57. The quantitative estimate of drug-likeness (QED) is 0.774. The molecule has 1 aromatic carbocycles. The van der Waals surface area contributed by atoms with Gasteiger partial charge in [0.2, 0.25) is 0 Å². The van der Waals surface area contributed by atoms with Gasteiger partial charge in [-0.2, -0.15) is 0 Å². The number of imidazole rings is 1. The molecule has 4 heteroatoms. The number of benzene rings is 1. The number of fused-ring (bicyclic) bond motifs is 1. The Morgan fingerprint density at radius 2 is 1.95 bits per heavy atom. The number of hydrogen-bond acceptors (Lipinski definition) is 2. The van der Waals surface area contributed by atoms with Crippen molar-refractivity contribution in [3.8, 4) is 0 Å². The highest BCUT2D eigenvalue weighted by atomic mass is 35.5. The lowest BCUT2D eigenvalue weighted by atomic mass is 10.0. The van der Waals surface area contributed by atoms with E-state index in [2.05, 4.69) is 41.5 Å². The summed E-state index contributed by atoms with van der Waals surface area (Å²) in [7, 11) is 0. The van der Waals surface area contributed by atoms with Crippen LogP contribution in [-0.4, -0.2) is 15.9 Å². The zero-order valence-corrected chi connectivity index (χ0v) is 12.7. The summed E-state index contributed by atoms with van der Waals surface area (Å²) >= 11 is 5.98. The van der Waals surface area contributed by atoms with Gasteiger partial charge in [-0.3, -0.25) is 0 Å². The lowest BCUT2D eigenvalue weighted by Gasteiger charge is -2.12. The molecule has 0 saturated heterocycles. The fourth-order valence-corrected chi connectivity index (χ4v) is 2.59. The van der Waals surface area contributed by atoms with Crippen molar-refractivity contribution in [2.45, 2.75) is 19.4 Å². The Kier molecular flexibility index (Phi) is 4.23. The van der Waals surface area contributed by atoms with Crippen LogP contribution in [0.2, 0.25) is 5.02 Å². The molecule has 0 aliphatic heterocycles. The smallest absolute Gasteiger partial charge is 0.137 e. The SMILES string of the molecule is CC(CNCc1cn2cc(Cl)ccc2n1)c1ccccc1. The molecule has 1 unspecified atom stereocenters. The maximum atomic E-state index is 5.98. The van der Waals surface area contributed by atoms with Gasteiger partial charge in [-0.15, -0.1) is 0 Å². The number of nitrogens with zero attached hydrogens (tertiary/aromatic N) is 2. The van der Waals surface area contributed by atoms with Crippen molar-refractivity contribution >= 4 is 17.2 Å². The summed E-state index contributed by atoms with van der Waals surface area (Å²) in [6.07, 6.45) is 3.89. The highest BCUT2D eigenvalue weighted by Gasteiger charge is 2.06. The largest absolute Gasteiger partial charge is 0.311 e. The second kappa shape index (κ2) is 6.29. The summed E-state index contributed by atoms with van der Waals surface area (Å²) < 4.78 is 1.96. The second-order valence-electron chi connectivity index (χ2n) is 5.29. The molecule has 0 radical (unpaired) electrons. The topological polar surface area (TPSA) is 29.3 Å². The molecule has 1 N–H and O–H groups in total. The summed E-state index contributed by atoms with van der Waals surface area (Å²) in [6, 6.07) is 14.3. The maximum absolute atomic E-state index is 5.98. The Balaban J connectivity index is 1.59. The Morgan fingerprint density at radius 1 is 1.14 bits per heavy atom. The summed E-state index contributed by atoms with van der Waals surface area (Å²) in [5.74, 6) is 0.484. The van der Waals surface area contributed by atoms with E-state index in [1.807, 2.05) is 35.0 Å². The van der Waals surface area contributed by atoms with Crippen LogP contribution < -0.4 is 5.32 Å². The van der Waals surface area contributed by atoms with Gasteiger partial charge in [0.05, 0.1) is 10.7 Å². The van der Waals surface area contributed by atoms with Crippen molar-refractivity contribution in [2.24, 2.45) is 0 Å². The molecule has 0 spiro atoms. The van der Waals surface area contributed by atoms with E-state index in [0.29, 0.717) is 5.92 Å². The number of halogens is 1. The lowest BCUT2D eigenvalue weighted by molar-refractivity contribution is 0.610. The molecule has 0 bridgehead atoms. The van der Waals surface area contributed by atoms with E-state index in [9.17, 15) is 0 Å². The van der Waals surface area contributed by atoms with E-state index < -0.39 is 0 Å². The van der Waals surface area contributed by atoms with E-state index in [-0.39, 0.29) is 0 Å². The standard InChI is InChI=1S/C17H18ClN3/c1-13(14-5-3-2-4-6-14)9-19-10-16-12-21-11-15(18)7-8-17(21)20-16/h2-8,11-13,19H,9-10H2,1H3. The molecule has 2 heterocycles. The van der Waals surface area contributed by atoms with Crippen molar-refractivity contribution in [1.29, 1.82) is 0 Å². The van der Waals surface area contributed by atoms with Gasteiger partial charge < -0.3 is 9.72 Å². The second-order valence-corrected chi connectivity index (χ2v) is 5.72. The van der Waals surface area contributed by atoms with Gasteiger partial charge in [-0.25, -0.2) is 4.98 Å². The van der Waals surface area contributed by atoms with Crippen molar-refractivity contribution in [3.63, 3.8) is 0 Å². The van der Waals surface area contributed by atoms with Crippen LogP contribution in [0.25, 0.3) is 5.65 Å². The van der Waals surface area contributed by atoms with E-state index in [1.165, 1.54) is 5.56 Å². The van der Waals surface area contributed by atoms with Gasteiger partial charge in [0.15, 0.2) is 0 Å². The van der Waals surface area contributed by atoms with E-state index in [4.69, 9.17) is 11.6 Å². The summed E-state index contributed by atoms with van der Waals surface area (Å²) in [5.41, 5.74) is 3.30. The Bertz CT molecular complexity index is 721. The van der Waals surface area contributed by atoms with Crippen LogP contribution in [0, 0.1) is 0 Å². The van der Waals surface area contributed by atoms with Gasteiger partial charge in [0.1, 0.15) is 5.65 Å². The molecule has 21 heavy (non-hydrogen) atoms. The summed E-state index contributed by atoms with van der Waals surface area (Å²) in [5, 5.41) is 4.19. The van der Waals surface area contributed by atoms with Gasteiger partial charge in [-0.1, -0.05) is 48.9 Å². The highest BCUT2D eigenvalue weighted by molar-refractivity contribution is 6.30. The molecule has 108 valence electrons. The van der Waals surface area contributed by atoms with Crippen molar-refractivity contribution in [2.75, 3.05) is 6.54 Å². The monoisotopic (exact) mass is 299 g/mol. The van der Waals surface area contributed by atoms with Crippen LogP contribution in [0.15, 0.2) is 54.9 Å². The first kappa shape index (κ1) is 14.1. The van der Waals surface area contributed by atoms with Crippen LogP contribution in [0.3, 0.4) is 0 Å². The van der Waals surface area contributed by atoms with Crippen LogP contribution >= 0.6 is 11.6 Å². The highest BCUT2D eigenvalue weighted by Crippen LogP contribution is 2.14. The number of pyridine rings is 1. The Labute approximate surface area is 129 Å². The zero-order valence-electron chi connectivity index (χ0n) is 12.0. The van der Waals surface area contributed by atoms with Gasteiger partial charge in [0.25, 0.3) is 0 Å². The molecule has 0 fully saturated rings. The van der Waals surface area contributed by atoms with E-state index in [1.54, 1.807) is 0 Å². The molecule has 3 aromatic rings. The predicted molar refractivity (Wildman–Crippen MR) is 86.8 cm³/mol. The third kappa shape index (κ3) is 3.43. The van der Waals surface area contributed by atoms with Crippen LogP contribution in [0.4, 0.5) is 0 Å². The van der Waals surface area contributed by atoms with E-state index in [0.717, 1.165) is 29.5 Å². The number of hydrogen-bond donors (Lipinski definition) is 1. The zero-order chi connectivity index (χ0) is 14.7.